The first-order valence-corrected chi connectivity index (χ1v) is 8.62. The lowest BCUT2D eigenvalue weighted by Gasteiger charge is -2.25. The number of ether oxygens (including phenoxy) is 2. The summed E-state index contributed by atoms with van der Waals surface area (Å²) in [6.45, 7) is 2.78. The van der Waals surface area contributed by atoms with Crippen LogP contribution in [0.4, 0.5) is 4.79 Å². The molecule has 1 aromatic carbocycles. The van der Waals surface area contributed by atoms with Crippen molar-refractivity contribution in [2.24, 2.45) is 0 Å². The van der Waals surface area contributed by atoms with Gasteiger partial charge in [0.15, 0.2) is 0 Å². The maximum atomic E-state index is 12.1. The highest BCUT2D eigenvalue weighted by atomic mass is 16.6. The van der Waals surface area contributed by atoms with Crippen molar-refractivity contribution in [2.75, 3.05) is 19.8 Å². The topological polar surface area (TPSA) is 96.9 Å². The zero-order valence-electron chi connectivity index (χ0n) is 14.4. The van der Waals surface area contributed by atoms with Crippen molar-refractivity contribution in [2.45, 2.75) is 44.4 Å². The molecule has 3 atom stereocenters. The molecule has 1 fully saturated rings. The van der Waals surface area contributed by atoms with Crippen molar-refractivity contribution in [3.05, 3.63) is 35.9 Å². The monoisotopic (exact) mass is 350 g/mol. The zero-order valence-corrected chi connectivity index (χ0v) is 14.4. The smallest absolute Gasteiger partial charge is 0.407 e. The minimum atomic E-state index is -0.928. The lowest BCUT2D eigenvalue weighted by atomic mass is 10.0. The second-order valence-electron chi connectivity index (χ2n) is 6.06. The molecule has 0 spiro atoms. The Morgan fingerprint density at radius 1 is 1.36 bits per heavy atom. The molecule has 0 saturated carbocycles. The normalized spacial score (nSPS) is 19.0. The average molecular weight is 350 g/mol. The van der Waals surface area contributed by atoms with E-state index < -0.39 is 18.2 Å². The molecule has 7 heteroatoms. The molecule has 0 unspecified atom stereocenters. The van der Waals surface area contributed by atoms with Crippen LogP contribution < -0.4 is 10.6 Å². The van der Waals surface area contributed by atoms with Crippen LogP contribution in [0.2, 0.25) is 0 Å². The highest BCUT2D eigenvalue weighted by molar-refractivity contribution is 5.75. The number of carbonyl (C=O) groups excluding carboxylic acids is 2. The summed E-state index contributed by atoms with van der Waals surface area (Å²) < 4.78 is 10.5. The number of hydrogen-bond acceptors (Lipinski definition) is 5. The van der Waals surface area contributed by atoms with Crippen LogP contribution >= 0.6 is 0 Å². The molecule has 1 heterocycles. The van der Waals surface area contributed by atoms with Gasteiger partial charge in [-0.1, -0.05) is 37.3 Å². The van der Waals surface area contributed by atoms with Crippen LogP contribution in [-0.4, -0.2) is 55.1 Å². The number of aliphatic hydroxyl groups excluding tert-OH is 1. The van der Waals surface area contributed by atoms with Gasteiger partial charge < -0.3 is 25.2 Å². The van der Waals surface area contributed by atoms with E-state index >= 15 is 0 Å². The predicted molar refractivity (Wildman–Crippen MR) is 92.1 cm³/mol. The summed E-state index contributed by atoms with van der Waals surface area (Å²) in [7, 11) is 0. The molecular weight excluding hydrogens is 324 g/mol. The molecular formula is C18H26N2O5. The van der Waals surface area contributed by atoms with Crippen LogP contribution in [0.15, 0.2) is 30.3 Å². The van der Waals surface area contributed by atoms with Gasteiger partial charge in [0, 0.05) is 19.4 Å². The number of carbonyl (C=O) groups is 2. The van der Waals surface area contributed by atoms with Gasteiger partial charge in [0.2, 0.25) is 5.91 Å². The lowest BCUT2D eigenvalue weighted by molar-refractivity contribution is -0.121. The summed E-state index contributed by atoms with van der Waals surface area (Å²) in [5.74, 6) is -0.150. The predicted octanol–water partition coefficient (Wildman–Crippen LogP) is 1.000. The second kappa shape index (κ2) is 10.0. The van der Waals surface area contributed by atoms with Crippen molar-refractivity contribution >= 4 is 12.0 Å². The Morgan fingerprint density at radius 2 is 2.12 bits per heavy atom. The fourth-order valence-corrected chi connectivity index (χ4v) is 2.58. The van der Waals surface area contributed by atoms with Crippen molar-refractivity contribution < 1.29 is 24.2 Å². The number of benzene rings is 1. The highest BCUT2D eigenvalue weighted by Gasteiger charge is 2.25. The summed E-state index contributed by atoms with van der Waals surface area (Å²) >= 11 is 0. The number of aliphatic hydroxyl groups is 1. The molecule has 0 bridgehead atoms. The third kappa shape index (κ3) is 6.72. The third-order valence-corrected chi connectivity index (χ3v) is 4.06. The maximum Gasteiger partial charge on any atom is 0.407 e. The van der Waals surface area contributed by atoms with E-state index in [0.29, 0.717) is 32.5 Å². The Kier molecular flexibility index (Phi) is 7.69. The first-order chi connectivity index (χ1) is 12.1. The summed E-state index contributed by atoms with van der Waals surface area (Å²) in [5.41, 5.74) is 0.970. The van der Waals surface area contributed by atoms with Gasteiger partial charge in [0.1, 0.15) is 6.10 Å². The van der Waals surface area contributed by atoms with Gasteiger partial charge >= 0.3 is 6.09 Å². The van der Waals surface area contributed by atoms with Gasteiger partial charge in [0.05, 0.1) is 25.4 Å². The van der Waals surface area contributed by atoms with Crippen LogP contribution in [0.3, 0.4) is 0 Å². The molecule has 0 aliphatic carbocycles. The summed E-state index contributed by atoms with van der Waals surface area (Å²) in [4.78, 5) is 23.5. The highest BCUT2D eigenvalue weighted by Crippen LogP contribution is 2.10. The SMILES string of the molecule is CCC(=O)NC[C@@H](O)[C@H](Cc1ccccc1)NC(=O)O[C@H]1CCOC1. The molecule has 0 aromatic heterocycles. The van der Waals surface area contributed by atoms with E-state index in [2.05, 4.69) is 10.6 Å². The van der Waals surface area contributed by atoms with E-state index in [1.807, 2.05) is 30.3 Å². The van der Waals surface area contributed by atoms with E-state index in [-0.39, 0.29) is 18.6 Å². The number of nitrogens with one attached hydrogen (secondary N) is 2. The first-order valence-electron chi connectivity index (χ1n) is 8.62. The van der Waals surface area contributed by atoms with E-state index in [9.17, 15) is 14.7 Å². The molecule has 138 valence electrons. The molecule has 1 aliphatic rings. The first kappa shape index (κ1) is 19.2. The van der Waals surface area contributed by atoms with Crippen LogP contribution in [0, 0.1) is 0 Å². The van der Waals surface area contributed by atoms with Crippen molar-refractivity contribution in [1.82, 2.24) is 10.6 Å². The number of rotatable bonds is 8. The Bertz CT molecular complexity index is 546. The van der Waals surface area contributed by atoms with Gasteiger partial charge in [-0.3, -0.25) is 4.79 Å². The standard InChI is InChI=1S/C18H26N2O5/c1-2-17(22)19-11-16(21)15(10-13-6-4-3-5-7-13)20-18(23)25-14-8-9-24-12-14/h3-7,14-16,21H,2,8-12H2,1H3,(H,19,22)(H,20,23)/t14-,15-,16+/m0/s1. The molecule has 1 saturated heterocycles. The van der Waals surface area contributed by atoms with Crippen molar-refractivity contribution in [1.29, 1.82) is 0 Å². The number of hydrogen-bond donors (Lipinski definition) is 3. The average Bonchev–Trinajstić information content (AvgIpc) is 3.12. The van der Waals surface area contributed by atoms with Crippen LogP contribution in [0.5, 0.6) is 0 Å². The minimum Gasteiger partial charge on any atom is -0.444 e. The zero-order chi connectivity index (χ0) is 18.1. The van der Waals surface area contributed by atoms with Gasteiger partial charge in [-0.05, 0) is 12.0 Å². The molecule has 2 amide bonds. The summed E-state index contributed by atoms with van der Waals surface area (Å²) in [5, 5.41) is 15.8. The van der Waals surface area contributed by atoms with Crippen LogP contribution in [0.25, 0.3) is 0 Å². The second-order valence-corrected chi connectivity index (χ2v) is 6.06. The van der Waals surface area contributed by atoms with E-state index in [1.165, 1.54) is 0 Å². The van der Waals surface area contributed by atoms with Gasteiger partial charge in [-0.25, -0.2) is 4.79 Å². The Morgan fingerprint density at radius 3 is 2.76 bits per heavy atom. The van der Waals surface area contributed by atoms with Crippen LogP contribution in [0.1, 0.15) is 25.3 Å². The molecule has 1 aromatic rings. The Balaban J connectivity index is 1.94. The third-order valence-electron chi connectivity index (χ3n) is 4.06. The minimum absolute atomic E-state index is 0.0665. The summed E-state index contributed by atoms with van der Waals surface area (Å²) in [6.07, 6.45) is -0.325. The molecule has 2 rings (SSSR count). The fraction of sp³-hybridized carbons (Fsp3) is 0.556. The maximum absolute atomic E-state index is 12.1. The van der Waals surface area contributed by atoms with Crippen molar-refractivity contribution in [3.63, 3.8) is 0 Å². The fourth-order valence-electron chi connectivity index (χ4n) is 2.58. The molecule has 7 nitrogen and oxygen atoms in total. The lowest BCUT2D eigenvalue weighted by Crippen LogP contribution is -2.50. The van der Waals surface area contributed by atoms with E-state index in [4.69, 9.17) is 9.47 Å². The molecule has 25 heavy (non-hydrogen) atoms. The molecule has 1 aliphatic heterocycles. The van der Waals surface area contributed by atoms with Crippen molar-refractivity contribution in [3.8, 4) is 0 Å². The number of amides is 2. The Labute approximate surface area is 147 Å². The quantitative estimate of drug-likeness (QED) is 0.650. The summed E-state index contributed by atoms with van der Waals surface area (Å²) in [6, 6.07) is 8.95. The van der Waals surface area contributed by atoms with E-state index in [0.717, 1.165) is 5.56 Å². The van der Waals surface area contributed by atoms with E-state index in [1.54, 1.807) is 6.92 Å². The Hall–Kier alpha value is -2.12. The largest absolute Gasteiger partial charge is 0.444 e. The van der Waals surface area contributed by atoms with Gasteiger partial charge in [-0.2, -0.15) is 0 Å². The van der Waals surface area contributed by atoms with Gasteiger partial charge in [0.25, 0.3) is 0 Å². The number of alkyl carbamates (subject to hydrolysis) is 1. The van der Waals surface area contributed by atoms with Gasteiger partial charge in [-0.15, -0.1) is 0 Å². The van der Waals surface area contributed by atoms with Crippen LogP contribution in [-0.2, 0) is 20.7 Å². The molecule has 0 radical (unpaired) electrons. The molecule has 3 N–H and O–H groups in total.